The van der Waals surface area contributed by atoms with E-state index in [0.717, 1.165) is 16.5 Å². The van der Waals surface area contributed by atoms with Crippen LogP contribution in [0.15, 0.2) is 65.8 Å². The normalized spacial score (nSPS) is 12.2. The Kier molecular flexibility index (Phi) is 5.19. The highest BCUT2D eigenvalue weighted by Crippen LogP contribution is 2.24. The molecule has 0 amide bonds. The summed E-state index contributed by atoms with van der Waals surface area (Å²) in [7, 11) is 0. The van der Waals surface area contributed by atoms with E-state index in [-0.39, 0.29) is 5.41 Å². The summed E-state index contributed by atoms with van der Waals surface area (Å²) in [6, 6.07) is 17.6. The molecule has 2 N–H and O–H groups in total. The Morgan fingerprint density at radius 1 is 1.08 bits per heavy atom. The van der Waals surface area contributed by atoms with Crippen LogP contribution in [0.3, 0.4) is 0 Å². The molecule has 0 aliphatic rings. The Balaban J connectivity index is 1.76. The lowest BCUT2D eigenvalue weighted by Gasteiger charge is -2.15. The number of nitrogens with one attached hydrogen (secondary N) is 1. The molecule has 2 aromatic carbocycles. The summed E-state index contributed by atoms with van der Waals surface area (Å²) in [5, 5.41) is 11.6. The number of hydrogen-bond donors (Lipinski definition) is 2. The van der Waals surface area contributed by atoms with E-state index >= 15 is 0 Å². The smallest absolute Gasteiger partial charge is 0.219 e. The first-order valence-corrected chi connectivity index (χ1v) is 8.52. The van der Waals surface area contributed by atoms with Crippen molar-refractivity contribution in [1.29, 1.82) is 0 Å². The summed E-state index contributed by atoms with van der Waals surface area (Å²) in [6.07, 6.45) is 1.63. The molecule has 5 nitrogen and oxygen atoms in total. The summed E-state index contributed by atoms with van der Waals surface area (Å²) in [4.78, 5) is 8.72. The minimum Gasteiger partial charge on any atom is -0.439 e. The minimum absolute atomic E-state index is 0.0364. The maximum atomic E-state index is 9.34. The molecule has 3 aromatic rings. The molecule has 0 saturated carbocycles. The number of rotatable bonds is 4. The van der Waals surface area contributed by atoms with Gasteiger partial charge in [0, 0.05) is 24.4 Å². The maximum absolute atomic E-state index is 9.34. The molecule has 3 rings (SSSR count). The van der Waals surface area contributed by atoms with Gasteiger partial charge in [-0.1, -0.05) is 51.1 Å². The van der Waals surface area contributed by atoms with E-state index in [1.54, 1.807) is 12.3 Å². The number of fused-ring (bicyclic) bond motifs is 1. The second-order valence-electron chi connectivity index (χ2n) is 7.33. The Morgan fingerprint density at radius 3 is 2.50 bits per heavy atom. The van der Waals surface area contributed by atoms with Crippen LogP contribution in [0, 0.1) is 5.41 Å². The van der Waals surface area contributed by atoms with Gasteiger partial charge in [-0.2, -0.15) is 0 Å². The highest BCUT2D eigenvalue weighted by molar-refractivity contribution is 5.97. The van der Waals surface area contributed by atoms with Crippen molar-refractivity contribution < 1.29 is 9.94 Å². The van der Waals surface area contributed by atoms with Crippen LogP contribution in [0.1, 0.15) is 26.3 Å². The summed E-state index contributed by atoms with van der Waals surface area (Å²) >= 11 is 0. The van der Waals surface area contributed by atoms with E-state index in [9.17, 15) is 5.21 Å². The summed E-state index contributed by atoms with van der Waals surface area (Å²) < 4.78 is 5.84. The second-order valence-corrected chi connectivity index (χ2v) is 7.33. The van der Waals surface area contributed by atoms with Crippen molar-refractivity contribution in [1.82, 2.24) is 10.5 Å². The van der Waals surface area contributed by atoms with Crippen molar-refractivity contribution in [3.63, 3.8) is 0 Å². The molecule has 1 heterocycles. The zero-order valence-electron chi connectivity index (χ0n) is 15.2. The van der Waals surface area contributed by atoms with Gasteiger partial charge in [0.2, 0.25) is 5.88 Å². The average molecular weight is 349 g/mol. The number of nitrogens with zero attached hydrogens (tertiary/aromatic N) is 2. The van der Waals surface area contributed by atoms with Crippen LogP contribution < -0.4 is 10.2 Å². The predicted octanol–water partition coefficient (Wildman–Crippen LogP) is 4.80. The quantitative estimate of drug-likeness (QED) is 0.403. The van der Waals surface area contributed by atoms with Gasteiger partial charge in [0.25, 0.3) is 0 Å². The Bertz CT molecular complexity index is 912. The lowest BCUT2D eigenvalue weighted by atomic mass is 9.97. The van der Waals surface area contributed by atoms with Crippen molar-refractivity contribution in [2.24, 2.45) is 10.4 Å². The molecular formula is C21H23N3O2. The third-order valence-electron chi connectivity index (χ3n) is 3.77. The molecule has 0 fully saturated rings. The van der Waals surface area contributed by atoms with E-state index in [2.05, 4.69) is 42.3 Å². The van der Waals surface area contributed by atoms with Gasteiger partial charge in [-0.15, -0.1) is 0 Å². The van der Waals surface area contributed by atoms with Crippen LogP contribution in [-0.2, 0) is 0 Å². The molecule has 0 spiro atoms. The third kappa shape index (κ3) is 4.58. The summed E-state index contributed by atoms with van der Waals surface area (Å²) in [5.74, 6) is 1.60. The van der Waals surface area contributed by atoms with E-state index in [4.69, 9.17) is 4.74 Å². The number of amidine groups is 1. The van der Waals surface area contributed by atoms with Crippen LogP contribution in [-0.4, -0.2) is 22.6 Å². The molecule has 134 valence electrons. The van der Waals surface area contributed by atoms with Crippen LogP contribution >= 0.6 is 0 Å². The first-order chi connectivity index (χ1) is 12.4. The van der Waals surface area contributed by atoms with Gasteiger partial charge in [-0.25, -0.2) is 4.98 Å². The molecule has 0 aliphatic carbocycles. The molecule has 0 saturated heterocycles. The molecule has 1 aromatic heterocycles. The number of aliphatic imine (C=N–C) groups is 1. The average Bonchev–Trinajstić information content (AvgIpc) is 2.62. The van der Waals surface area contributed by atoms with Gasteiger partial charge >= 0.3 is 0 Å². The fraction of sp³-hybridized carbons (Fsp3) is 0.238. The summed E-state index contributed by atoms with van der Waals surface area (Å²) in [6.45, 7) is 6.85. The Labute approximate surface area is 153 Å². The SMILES string of the molecule is CC(C)(C)CN=C(NO)c1ccc(Oc2ccc3ccccc3c2)nc1. The number of aromatic nitrogens is 1. The van der Waals surface area contributed by atoms with Gasteiger partial charge < -0.3 is 4.74 Å². The van der Waals surface area contributed by atoms with E-state index in [1.807, 2.05) is 42.5 Å². The number of benzene rings is 2. The van der Waals surface area contributed by atoms with Gasteiger partial charge in [0.15, 0.2) is 5.84 Å². The van der Waals surface area contributed by atoms with E-state index in [1.165, 1.54) is 0 Å². The zero-order chi connectivity index (χ0) is 18.6. The van der Waals surface area contributed by atoms with Gasteiger partial charge in [0.05, 0.1) is 0 Å². The maximum Gasteiger partial charge on any atom is 0.219 e. The van der Waals surface area contributed by atoms with Crippen molar-refractivity contribution in [2.45, 2.75) is 20.8 Å². The highest BCUT2D eigenvalue weighted by atomic mass is 16.5. The Hall–Kier alpha value is -2.92. The second kappa shape index (κ2) is 7.54. The predicted molar refractivity (Wildman–Crippen MR) is 104 cm³/mol. The summed E-state index contributed by atoms with van der Waals surface area (Å²) in [5.41, 5.74) is 2.88. The molecule has 0 unspecified atom stereocenters. The van der Waals surface area contributed by atoms with Crippen molar-refractivity contribution in [2.75, 3.05) is 6.54 Å². The largest absolute Gasteiger partial charge is 0.439 e. The molecule has 0 aliphatic heterocycles. The van der Waals surface area contributed by atoms with E-state index in [0.29, 0.717) is 23.8 Å². The highest BCUT2D eigenvalue weighted by Gasteiger charge is 2.11. The van der Waals surface area contributed by atoms with Crippen molar-refractivity contribution in [3.05, 3.63) is 66.4 Å². The van der Waals surface area contributed by atoms with Crippen LogP contribution in [0.25, 0.3) is 10.8 Å². The number of hydrogen-bond acceptors (Lipinski definition) is 4. The zero-order valence-corrected chi connectivity index (χ0v) is 15.2. The fourth-order valence-corrected chi connectivity index (χ4v) is 2.44. The van der Waals surface area contributed by atoms with Gasteiger partial charge in [-0.3, -0.25) is 15.7 Å². The monoisotopic (exact) mass is 349 g/mol. The number of pyridine rings is 1. The lowest BCUT2D eigenvalue weighted by molar-refractivity contribution is 0.234. The first kappa shape index (κ1) is 17.9. The number of ether oxygens (including phenoxy) is 1. The van der Waals surface area contributed by atoms with E-state index < -0.39 is 0 Å². The molecule has 5 heteroatoms. The Morgan fingerprint density at radius 2 is 1.85 bits per heavy atom. The molecule has 0 atom stereocenters. The van der Waals surface area contributed by atoms with Crippen molar-refractivity contribution >= 4 is 16.6 Å². The van der Waals surface area contributed by atoms with Crippen LogP contribution in [0.2, 0.25) is 0 Å². The minimum atomic E-state index is 0.0364. The first-order valence-electron chi connectivity index (χ1n) is 8.52. The van der Waals surface area contributed by atoms with Crippen molar-refractivity contribution in [3.8, 4) is 11.6 Å². The molecule has 0 radical (unpaired) electrons. The molecule has 0 bridgehead atoms. The van der Waals surface area contributed by atoms with Crippen LogP contribution in [0.5, 0.6) is 11.6 Å². The van der Waals surface area contributed by atoms with Crippen LogP contribution in [0.4, 0.5) is 0 Å². The van der Waals surface area contributed by atoms with Gasteiger partial charge in [0.1, 0.15) is 5.75 Å². The standard InChI is InChI=1S/C21H23N3O2/c1-21(2,3)14-23-20(24-25)17-9-11-19(22-13-17)26-18-10-8-15-6-4-5-7-16(15)12-18/h4-13,25H,14H2,1-3H3,(H,23,24). The molecule has 26 heavy (non-hydrogen) atoms. The van der Waals surface area contributed by atoms with Gasteiger partial charge in [-0.05, 0) is 34.4 Å². The fourth-order valence-electron chi connectivity index (χ4n) is 2.44. The number of hydroxylamine groups is 1. The topological polar surface area (TPSA) is 66.7 Å². The molecular weight excluding hydrogens is 326 g/mol. The third-order valence-corrected chi connectivity index (χ3v) is 3.77. The lowest BCUT2D eigenvalue weighted by Crippen LogP contribution is -2.23.